The van der Waals surface area contributed by atoms with Crippen LogP contribution < -0.4 is 5.32 Å². The second-order valence-electron chi connectivity index (χ2n) is 7.33. The number of nitrogens with one attached hydrogen (secondary N) is 1. The Hall–Kier alpha value is -1.06. The Balaban J connectivity index is 1.72. The standard InChI is InChI=1S/C16H27NO3/c1-10-5-4-6-11(9-10)7-8-17-14(18)12-13(15(19)20)16(12,2)3/h10-13H,4-9H2,1-3H3,(H,17,18)(H,19,20). The first-order valence-electron chi connectivity index (χ1n) is 7.84. The fourth-order valence-corrected chi connectivity index (χ4v) is 3.92. The first-order valence-corrected chi connectivity index (χ1v) is 7.84. The summed E-state index contributed by atoms with van der Waals surface area (Å²) in [5.74, 6) is -0.269. The smallest absolute Gasteiger partial charge is 0.307 e. The van der Waals surface area contributed by atoms with E-state index in [2.05, 4.69) is 12.2 Å². The van der Waals surface area contributed by atoms with Gasteiger partial charge in [-0.1, -0.05) is 40.0 Å². The van der Waals surface area contributed by atoms with Gasteiger partial charge in [-0.2, -0.15) is 0 Å². The second kappa shape index (κ2) is 5.74. The van der Waals surface area contributed by atoms with Gasteiger partial charge >= 0.3 is 5.97 Å². The Kier molecular flexibility index (Phi) is 4.40. The summed E-state index contributed by atoms with van der Waals surface area (Å²) in [5.41, 5.74) is -0.394. The minimum atomic E-state index is -0.851. The van der Waals surface area contributed by atoms with Crippen molar-refractivity contribution >= 4 is 11.9 Å². The molecule has 4 atom stereocenters. The number of aliphatic carboxylic acids is 1. The quantitative estimate of drug-likeness (QED) is 0.814. The van der Waals surface area contributed by atoms with Crippen molar-refractivity contribution in [2.75, 3.05) is 6.54 Å². The van der Waals surface area contributed by atoms with Crippen LogP contribution in [0.15, 0.2) is 0 Å². The molecule has 0 aromatic carbocycles. The van der Waals surface area contributed by atoms with E-state index in [9.17, 15) is 9.59 Å². The molecule has 0 heterocycles. The molecule has 2 saturated carbocycles. The molecule has 0 spiro atoms. The molecule has 2 N–H and O–H groups in total. The molecular weight excluding hydrogens is 254 g/mol. The number of carbonyl (C=O) groups excluding carboxylic acids is 1. The van der Waals surface area contributed by atoms with E-state index in [0.29, 0.717) is 6.54 Å². The van der Waals surface area contributed by atoms with Gasteiger partial charge in [-0.15, -0.1) is 0 Å². The molecule has 0 saturated heterocycles. The van der Waals surface area contributed by atoms with Crippen molar-refractivity contribution in [3.63, 3.8) is 0 Å². The van der Waals surface area contributed by atoms with Crippen LogP contribution in [0.3, 0.4) is 0 Å². The van der Waals surface area contributed by atoms with Crippen LogP contribution in [0.5, 0.6) is 0 Å². The Morgan fingerprint density at radius 1 is 1.25 bits per heavy atom. The molecule has 4 heteroatoms. The lowest BCUT2D eigenvalue weighted by atomic mass is 9.81. The predicted molar refractivity (Wildman–Crippen MR) is 77.1 cm³/mol. The van der Waals surface area contributed by atoms with E-state index in [0.717, 1.165) is 18.3 Å². The predicted octanol–water partition coefficient (Wildman–Crippen LogP) is 2.68. The number of rotatable bonds is 5. The summed E-state index contributed by atoms with van der Waals surface area (Å²) < 4.78 is 0. The van der Waals surface area contributed by atoms with E-state index in [-0.39, 0.29) is 11.8 Å². The van der Waals surface area contributed by atoms with E-state index in [1.807, 2.05) is 13.8 Å². The average molecular weight is 281 g/mol. The number of hydrogen-bond donors (Lipinski definition) is 2. The van der Waals surface area contributed by atoms with Gasteiger partial charge in [0.15, 0.2) is 0 Å². The average Bonchev–Trinajstić information content (AvgIpc) is 2.92. The highest BCUT2D eigenvalue weighted by Gasteiger charge is 2.65. The van der Waals surface area contributed by atoms with Crippen molar-refractivity contribution in [3.05, 3.63) is 0 Å². The summed E-state index contributed by atoms with van der Waals surface area (Å²) in [6.07, 6.45) is 6.20. The van der Waals surface area contributed by atoms with Crippen LogP contribution in [0.2, 0.25) is 0 Å². The minimum Gasteiger partial charge on any atom is -0.481 e. The van der Waals surface area contributed by atoms with Gasteiger partial charge in [0.1, 0.15) is 0 Å². The SMILES string of the molecule is CC1CCCC(CCNC(=O)C2C(C(=O)O)C2(C)C)C1. The first-order chi connectivity index (χ1) is 9.34. The maximum absolute atomic E-state index is 12.1. The molecule has 1 amide bonds. The number of amides is 1. The Bertz CT molecular complexity index is 391. The van der Waals surface area contributed by atoms with Crippen molar-refractivity contribution in [1.29, 1.82) is 0 Å². The second-order valence-corrected chi connectivity index (χ2v) is 7.33. The highest BCUT2D eigenvalue weighted by Crippen LogP contribution is 2.58. The van der Waals surface area contributed by atoms with Crippen LogP contribution >= 0.6 is 0 Å². The first kappa shape index (κ1) is 15.3. The summed E-state index contributed by atoms with van der Waals surface area (Å²) in [6, 6.07) is 0. The molecule has 2 aliphatic rings. The molecule has 0 aromatic heterocycles. The number of carbonyl (C=O) groups is 2. The topological polar surface area (TPSA) is 66.4 Å². The van der Waals surface area contributed by atoms with Crippen molar-refractivity contribution in [2.24, 2.45) is 29.1 Å². The van der Waals surface area contributed by atoms with Crippen molar-refractivity contribution in [3.8, 4) is 0 Å². The number of hydrogen-bond acceptors (Lipinski definition) is 2. The summed E-state index contributed by atoms with van der Waals surface area (Å²) in [6.45, 7) is 6.71. The molecule has 0 aliphatic heterocycles. The van der Waals surface area contributed by atoms with Crippen LogP contribution in [-0.2, 0) is 9.59 Å². The van der Waals surface area contributed by atoms with Gasteiger partial charge in [-0.3, -0.25) is 9.59 Å². The third-order valence-corrected chi connectivity index (χ3v) is 5.27. The van der Waals surface area contributed by atoms with Gasteiger partial charge in [0.2, 0.25) is 5.91 Å². The third-order valence-electron chi connectivity index (χ3n) is 5.27. The highest BCUT2D eigenvalue weighted by atomic mass is 16.4. The molecule has 2 aliphatic carbocycles. The molecule has 4 unspecified atom stereocenters. The largest absolute Gasteiger partial charge is 0.481 e. The van der Waals surface area contributed by atoms with Gasteiger partial charge in [-0.05, 0) is 30.1 Å². The zero-order valence-corrected chi connectivity index (χ0v) is 12.8. The number of carboxylic acid groups (broad SMARTS) is 1. The minimum absolute atomic E-state index is 0.0775. The summed E-state index contributed by atoms with van der Waals surface area (Å²) in [4.78, 5) is 23.1. The van der Waals surface area contributed by atoms with Gasteiger partial charge in [-0.25, -0.2) is 0 Å². The lowest BCUT2D eigenvalue weighted by Gasteiger charge is -2.26. The number of carboxylic acids is 1. The fourth-order valence-electron chi connectivity index (χ4n) is 3.92. The van der Waals surface area contributed by atoms with Gasteiger partial charge in [0.05, 0.1) is 11.8 Å². The monoisotopic (exact) mass is 281 g/mol. The zero-order chi connectivity index (χ0) is 14.9. The van der Waals surface area contributed by atoms with Crippen LogP contribution in [0.1, 0.15) is 52.9 Å². The van der Waals surface area contributed by atoms with Gasteiger partial charge in [0, 0.05) is 6.54 Å². The van der Waals surface area contributed by atoms with Crippen molar-refractivity contribution in [2.45, 2.75) is 52.9 Å². The molecule has 2 fully saturated rings. The third kappa shape index (κ3) is 3.15. The molecule has 20 heavy (non-hydrogen) atoms. The Morgan fingerprint density at radius 3 is 2.50 bits per heavy atom. The maximum Gasteiger partial charge on any atom is 0.307 e. The summed E-state index contributed by atoms with van der Waals surface area (Å²) in [5, 5.41) is 12.0. The normalized spacial score (nSPS) is 35.4. The van der Waals surface area contributed by atoms with Crippen LogP contribution in [0, 0.1) is 29.1 Å². The molecule has 114 valence electrons. The van der Waals surface area contributed by atoms with Crippen LogP contribution in [0.4, 0.5) is 0 Å². The van der Waals surface area contributed by atoms with E-state index < -0.39 is 17.3 Å². The molecule has 0 radical (unpaired) electrons. The zero-order valence-electron chi connectivity index (χ0n) is 12.8. The van der Waals surface area contributed by atoms with E-state index in [1.54, 1.807) is 0 Å². The maximum atomic E-state index is 12.1. The fraction of sp³-hybridized carbons (Fsp3) is 0.875. The van der Waals surface area contributed by atoms with Crippen LogP contribution in [0.25, 0.3) is 0 Å². The molecule has 2 rings (SSSR count). The molecule has 0 bridgehead atoms. The Morgan fingerprint density at radius 2 is 1.95 bits per heavy atom. The molecular formula is C16H27NO3. The highest BCUT2D eigenvalue weighted by molar-refractivity contribution is 5.91. The summed E-state index contributed by atoms with van der Waals surface area (Å²) in [7, 11) is 0. The van der Waals surface area contributed by atoms with Crippen molar-refractivity contribution < 1.29 is 14.7 Å². The van der Waals surface area contributed by atoms with Crippen LogP contribution in [-0.4, -0.2) is 23.5 Å². The molecule has 0 aromatic rings. The van der Waals surface area contributed by atoms with Gasteiger partial charge in [0.25, 0.3) is 0 Å². The van der Waals surface area contributed by atoms with Crippen molar-refractivity contribution in [1.82, 2.24) is 5.32 Å². The lowest BCUT2D eigenvalue weighted by molar-refractivity contribution is -0.140. The van der Waals surface area contributed by atoms with E-state index in [1.165, 1.54) is 25.7 Å². The molecule has 4 nitrogen and oxygen atoms in total. The summed E-state index contributed by atoms with van der Waals surface area (Å²) >= 11 is 0. The lowest BCUT2D eigenvalue weighted by Crippen LogP contribution is -2.30. The van der Waals surface area contributed by atoms with E-state index >= 15 is 0 Å². The Labute approximate surface area is 121 Å². The van der Waals surface area contributed by atoms with E-state index in [4.69, 9.17) is 5.11 Å². The van der Waals surface area contributed by atoms with Gasteiger partial charge < -0.3 is 10.4 Å².